The maximum Gasteiger partial charge on any atom is 0.235 e. The number of hydrogen-bond acceptors (Lipinski definition) is 5. The molecule has 28 heavy (non-hydrogen) atoms. The van der Waals surface area contributed by atoms with Crippen molar-refractivity contribution in [2.24, 2.45) is 0 Å². The monoisotopic (exact) mass is 373 g/mol. The highest BCUT2D eigenvalue weighted by Gasteiger charge is 2.30. The van der Waals surface area contributed by atoms with E-state index < -0.39 is 0 Å². The van der Waals surface area contributed by atoms with Gasteiger partial charge in [-0.2, -0.15) is 0 Å². The maximum atomic E-state index is 13.0. The largest absolute Gasteiger partial charge is 0.497 e. The second kappa shape index (κ2) is 6.34. The number of aromatic nitrogens is 3. The Kier molecular flexibility index (Phi) is 3.79. The van der Waals surface area contributed by atoms with Gasteiger partial charge in [0.05, 0.1) is 36.5 Å². The van der Waals surface area contributed by atoms with Gasteiger partial charge >= 0.3 is 0 Å². The van der Waals surface area contributed by atoms with E-state index in [0.29, 0.717) is 24.2 Å². The highest BCUT2D eigenvalue weighted by atomic mass is 16.5. The summed E-state index contributed by atoms with van der Waals surface area (Å²) < 4.78 is 12.7. The molecular weight excluding hydrogens is 354 g/mol. The predicted molar refractivity (Wildman–Crippen MR) is 105 cm³/mol. The van der Waals surface area contributed by atoms with Crippen molar-refractivity contribution in [1.82, 2.24) is 14.4 Å². The van der Waals surface area contributed by atoms with Crippen molar-refractivity contribution < 1.29 is 14.3 Å². The molecule has 0 unspecified atom stereocenters. The van der Waals surface area contributed by atoms with E-state index in [0.717, 1.165) is 33.8 Å². The minimum atomic E-state index is 0.0141. The summed E-state index contributed by atoms with van der Waals surface area (Å²) in [5.41, 5.74) is 4.30. The van der Waals surface area contributed by atoms with Crippen LogP contribution in [0.4, 0.5) is 0 Å². The fraction of sp³-hybridized carbons (Fsp3) is 0.227. The zero-order chi connectivity index (χ0) is 19.3. The van der Waals surface area contributed by atoms with Crippen LogP contribution in [-0.4, -0.2) is 34.4 Å². The number of carbonyl (C=O) groups excluding carboxylic acids is 1. The molecule has 1 atom stereocenters. The smallest absolute Gasteiger partial charge is 0.235 e. The van der Waals surface area contributed by atoms with Crippen molar-refractivity contribution >= 4 is 22.6 Å². The van der Waals surface area contributed by atoms with Gasteiger partial charge in [0.2, 0.25) is 5.78 Å². The zero-order valence-electron chi connectivity index (χ0n) is 15.7. The van der Waals surface area contributed by atoms with Crippen molar-refractivity contribution in [1.29, 1.82) is 0 Å². The molecule has 1 aliphatic rings. The van der Waals surface area contributed by atoms with Gasteiger partial charge in [0.1, 0.15) is 11.5 Å². The Morgan fingerprint density at radius 2 is 1.89 bits per heavy atom. The van der Waals surface area contributed by atoms with Crippen LogP contribution in [0.1, 0.15) is 34.0 Å². The molecule has 0 N–H and O–H groups in total. The highest BCUT2D eigenvalue weighted by molar-refractivity contribution is 5.99. The molecule has 0 radical (unpaired) electrons. The molecule has 5 rings (SSSR count). The molecule has 0 amide bonds. The average molecular weight is 373 g/mol. The van der Waals surface area contributed by atoms with E-state index in [9.17, 15) is 4.79 Å². The summed E-state index contributed by atoms with van der Waals surface area (Å²) >= 11 is 0. The summed E-state index contributed by atoms with van der Waals surface area (Å²) in [7, 11) is 3.26. The van der Waals surface area contributed by atoms with Gasteiger partial charge in [0, 0.05) is 24.6 Å². The normalized spacial score (nSPS) is 16.4. The summed E-state index contributed by atoms with van der Waals surface area (Å²) in [4.78, 5) is 22.3. The lowest BCUT2D eigenvalue weighted by Crippen LogP contribution is -2.21. The number of methoxy groups -OCH3 is 2. The lowest BCUT2D eigenvalue weighted by atomic mass is 9.81. The van der Waals surface area contributed by atoms with Crippen LogP contribution in [0.15, 0.2) is 48.7 Å². The van der Waals surface area contributed by atoms with Crippen molar-refractivity contribution in [3.05, 3.63) is 65.5 Å². The number of benzene rings is 2. The van der Waals surface area contributed by atoms with Crippen molar-refractivity contribution in [3.8, 4) is 11.5 Å². The Balaban J connectivity index is 1.60. The first-order valence-electron chi connectivity index (χ1n) is 9.20. The minimum Gasteiger partial charge on any atom is -0.497 e. The van der Waals surface area contributed by atoms with Crippen molar-refractivity contribution in [2.45, 2.75) is 18.8 Å². The number of ether oxygens (including phenoxy) is 2. The average Bonchev–Trinajstić information content (AvgIpc) is 3.09. The lowest BCUT2D eigenvalue weighted by molar-refractivity contribution is 0.0962. The van der Waals surface area contributed by atoms with Crippen LogP contribution in [0.3, 0.4) is 0 Å². The lowest BCUT2D eigenvalue weighted by Gasteiger charge is -2.25. The van der Waals surface area contributed by atoms with Crippen LogP contribution >= 0.6 is 0 Å². The van der Waals surface area contributed by atoms with E-state index in [1.54, 1.807) is 14.2 Å². The van der Waals surface area contributed by atoms with Gasteiger partial charge in [-0.05, 0) is 30.2 Å². The zero-order valence-corrected chi connectivity index (χ0v) is 15.7. The Morgan fingerprint density at radius 3 is 2.71 bits per heavy atom. The third kappa shape index (κ3) is 2.52. The number of imidazole rings is 1. The van der Waals surface area contributed by atoms with Gasteiger partial charge in [-0.25, -0.2) is 9.97 Å². The van der Waals surface area contributed by atoms with E-state index >= 15 is 0 Å². The third-order valence-electron chi connectivity index (χ3n) is 5.43. The second-order valence-corrected chi connectivity index (χ2v) is 7.01. The molecule has 2 heterocycles. The number of para-hydroxylation sites is 2. The van der Waals surface area contributed by atoms with E-state index in [4.69, 9.17) is 14.5 Å². The summed E-state index contributed by atoms with van der Waals surface area (Å²) in [5.74, 6) is 2.19. The molecular formula is C22H19N3O3. The molecule has 1 aliphatic carbocycles. The van der Waals surface area contributed by atoms with E-state index in [1.807, 2.05) is 53.1 Å². The van der Waals surface area contributed by atoms with Crippen LogP contribution in [0.25, 0.3) is 16.8 Å². The molecule has 6 nitrogen and oxygen atoms in total. The predicted octanol–water partition coefficient (Wildman–Crippen LogP) is 3.81. The van der Waals surface area contributed by atoms with E-state index in [1.165, 1.54) is 0 Å². The SMILES string of the molecule is COc1ccc([C@H]2CC(=O)c3cn4c(nc3C2)nc2ccccc24)c(OC)c1. The molecule has 2 aromatic carbocycles. The maximum absolute atomic E-state index is 13.0. The summed E-state index contributed by atoms with van der Waals surface area (Å²) in [6, 6.07) is 13.6. The first-order valence-corrected chi connectivity index (χ1v) is 9.20. The van der Waals surface area contributed by atoms with Gasteiger partial charge in [-0.1, -0.05) is 18.2 Å². The topological polar surface area (TPSA) is 65.7 Å². The van der Waals surface area contributed by atoms with Crippen LogP contribution < -0.4 is 9.47 Å². The third-order valence-corrected chi connectivity index (χ3v) is 5.43. The number of ketones is 1. The Labute approximate surface area is 161 Å². The number of nitrogens with zero attached hydrogens (tertiary/aromatic N) is 3. The van der Waals surface area contributed by atoms with Crippen LogP contribution in [0.2, 0.25) is 0 Å². The molecule has 6 heteroatoms. The summed E-state index contributed by atoms with van der Waals surface area (Å²) in [5, 5.41) is 0. The van der Waals surface area contributed by atoms with Gasteiger partial charge in [0.25, 0.3) is 0 Å². The van der Waals surface area contributed by atoms with Gasteiger partial charge in [0.15, 0.2) is 5.78 Å². The van der Waals surface area contributed by atoms with Crippen LogP contribution in [0, 0.1) is 0 Å². The second-order valence-electron chi connectivity index (χ2n) is 7.01. The molecule has 0 bridgehead atoms. The first kappa shape index (κ1) is 16.7. The fourth-order valence-electron chi connectivity index (χ4n) is 4.03. The first-order chi connectivity index (χ1) is 13.7. The molecule has 4 aromatic rings. The minimum absolute atomic E-state index is 0.0141. The molecule has 0 aliphatic heterocycles. The van der Waals surface area contributed by atoms with Crippen molar-refractivity contribution in [2.75, 3.05) is 14.2 Å². The fourth-order valence-corrected chi connectivity index (χ4v) is 4.03. The molecule has 0 saturated carbocycles. The Hall–Kier alpha value is -3.41. The van der Waals surface area contributed by atoms with Crippen LogP contribution in [0.5, 0.6) is 11.5 Å². The molecule has 2 aromatic heterocycles. The number of rotatable bonds is 3. The van der Waals surface area contributed by atoms with Gasteiger partial charge in [-0.15, -0.1) is 0 Å². The summed E-state index contributed by atoms with van der Waals surface area (Å²) in [6.07, 6.45) is 2.98. The molecule has 0 spiro atoms. The van der Waals surface area contributed by atoms with Gasteiger partial charge < -0.3 is 9.47 Å². The number of fused-ring (bicyclic) bond motifs is 4. The van der Waals surface area contributed by atoms with Crippen molar-refractivity contribution in [3.63, 3.8) is 0 Å². The van der Waals surface area contributed by atoms with E-state index in [-0.39, 0.29) is 11.7 Å². The highest BCUT2D eigenvalue weighted by Crippen LogP contribution is 2.38. The van der Waals surface area contributed by atoms with Crippen LogP contribution in [-0.2, 0) is 6.42 Å². The molecule has 0 fully saturated rings. The van der Waals surface area contributed by atoms with E-state index in [2.05, 4.69) is 4.98 Å². The molecule has 0 saturated heterocycles. The quantitative estimate of drug-likeness (QED) is 0.546. The summed E-state index contributed by atoms with van der Waals surface area (Å²) in [6.45, 7) is 0. The standard InChI is InChI=1S/C22H19N3O3/c1-27-14-7-8-15(21(11-14)28-2)13-9-18-16(20(26)10-13)12-25-19-6-4-3-5-17(19)23-22(25)24-18/h3-8,11-13H,9-10H2,1-2H3/t13-/m1/s1. The van der Waals surface area contributed by atoms with Gasteiger partial charge in [-0.3, -0.25) is 9.20 Å². The molecule has 140 valence electrons. The Bertz CT molecular complexity index is 1230. The number of carbonyl (C=O) groups is 1. The number of hydrogen-bond donors (Lipinski definition) is 0. The number of Topliss-reactive ketones (excluding diaryl/α,β-unsaturated/α-hetero) is 1. The Morgan fingerprint density at radius 1 is 1.04 bits per heavy atom.